The fourth-order valence-electron chi connectivity index (χ4n) is 1.38. The van der Waals surface area contributed by atoms with E-state index < -0.39 is 17.7 Å². The van der Waals surface area contributed by atoms with Gasteiger partial charge in [0.2, 0.25) is 0 Å². The Labute approximate surface area is 138 Å². The molecule has 0 saturated heterocycles. The van der Waals surface area contributed by atoms with Gasteiger partial charge < -0.3 is 14.2 Å². The van der Waals surface area contributed by atoms with Crippen LogP contribution in [0.2, 0.25) is 10.0 Å². The second kappa shape index (κ2) is 7.56. The van der Waals surface area contributed by atoms with Crippen LogP contribution in [0.3, 0.4) is 0 Å². The van der Waals surface area contributed by atoms with Crippen molar-refractivity contribution < 1.29 is 23.8 Å². The van der Waals surface area contributed by atoms with Gasteiger partial charge in [-0.3, -0.25) is 5.32 Å². The number of carbonyl (C=O) groups is 2. The standard InChI is InChI=1S/C14H17Cl2NO5/c1-14(2,3)22-13(19)17-8-5-9(15)12(10(16)6-8)21-7-11(18)20-4/h5-6H,7H2,1-4H3,(H,17,19). The molecule has 1 aromatic rings. The molecule has 1 rings (SSSR count). The van der Waals surface area contributed by atoms with E-state index in [1.165, 1.54) is 19.2 Å². The SMILES string of the molecule is COC(=O)COc1c(Cl)cc(NC(=O)OC(C)(C)C)cc1Cl. The first-order valence-corrected chi connectivity index (χ1v) is 7.06. The van der Waals surface area contributed by atoms with Crippen LogP contribution in [-0.4, -0.2) is 31.4 Å². The normalized spacial score (nSPS) is 10.8. The molecule has 22 heavy (non-hydrogen) atoms. The number of anilines is 1. The highest BCUT2D eigenvalue weighted by molar-refractivity contribution is 6.37. The fraction of sp³-hybridized carbons (Fsp3) is 0.429. The van der Waals surface area contributed by atoms with Gasteiger partial charge in [-0.1, -0.05) is 23.2 Å². The Balaban J connectivity index is 2.81. The van der Waals surface area contributed by atoms with Crippen molar-refractivity contribution in [2.24, 2.45) is 0 Å². The smallest absolute Gasteiger partial charge is 0.412 e. The summed E-state index contributed by atoms with van der Waals surface area (Å²) < 4.78 is 14.7. The molecule has 0 heterocycles. The molecule has 0 aliphatic heterocycles. The van der Waals surface area contributed by atoms with Crippen LogP contribution in [0.5, 0.6) is 5.75 Å². The Hall–Kier alpha value is -1.66. The zero-order valence-electron chi connectivity index (χ0n) is 12.7. The van der Waals surface area contributed by atoms with E-state index in [-0.39, 0.29) is 22.4 Å². The topological polar surface area (TPSA) is 73.9 Å². The van der Waals surface area contributed by atoms with E-state index >= 15 is 0 Å². The second-order valence-electron chi connectivity index (χ2n) is 5.26. The number of halogens is 2. The lowest BCUT2D eigenvalue weighted by Gasteiger charge is -2.20. The lowest BCUT2D eigenvalue weighted by Crippen LogP contribution is -2.27. The Kier molecular flexibility index (Phi) is 6.32. The molecule has 8 heteroatoms. The van der Waals surface area contributed by atoms with Crippen LogP contribution in [0.4, 0.5) is 10.5 Å². The predicted octanol–water partition coefficient (Wildman–Crippen LogP) is 3.89. The van der Waals surface area contributed by atoms with Crippen LogP contribution in [0.15, 0.2) is 12.1 Å². The summed E-state index contributed by atoms with van der Waals surface area (Å²) in [4.78, 5) is 22.7. The maximum absolute atomic E-state index is 11.7. The van der Waals surface area contributed by atoms with Gasteiger partial charge in [0, 0.05) is 5.69 Å². The molecule has 0 aliphatic carbocycles. The predicted molar refractivity (Wildman–Crippen MR) is 83.8 cm³/mol. The third-order valence-corrected chi connectivity index (χ3v) is 2.77. The molecule has 0 bridgehead atoms. The summed E-state index contributed by atoms with van der Waals surface area (Å²) in [6, 6.07) is 2.87. The number of ether oxygens (including phenoxy) is 3. The largest absolute Gasteiger partial charge is 0.479 e. The highest BCUT2D eigenvalue weighted by Crippen LogP contribution is 2.36. The Bertz CT molecular complexity index is 546. The van der Waals surface area contributed by atoms with Gasteiger partial charge in [-0.25, -0.2) is 9.59 Å². The molecule has 1 N–H and O–H groups in total. The number of amides is 1. The fourth-order valence-corrected chi connectivity index (χ4v) is 1.98. The first-order chi connectivity index (χ1) is 10.1. The van der Waals surface area contributed by atoms with Crippen molar-refractivity contribution in [3.63, 3.8) is 0 Å². The quantitative estimate of drug-likeness (QED) is 0.834. The van der Waals surface area contributed by atoms with E-state index in [1.807, 2.05) is 0 Å². The van der Waals surface area contributed by atoms with Gasteiger partial charge >= 0.3 is 12.1 Å². The number of rotatable bonds is 4. The van der Waals surface area contributed by atoms with Crippen molar-refractivity contribution >= 4 is 41.0 Å². The van der Waals surface area contributed by atoms with Crippen molar-refractivity contribution in [2.45, 2.75) is 26.4 Å². The zero-order valence-corrected chi connectivity index (χ0v) is 14.2. The van der Waals surface area contributed by atoms with E-state index in [1.54, 1.807) is 20.8 Å². The minimum Gasteiger partial charge on any atom is -0.479 e. The molecular formula is C14H17Cl2NO5. The molecule has 1 aromatic carbocycles. The van der Waals surface area contributed by atoms with Crippen molar-refractivity contribution in [3.05, 3.63) is 22.2 Å². The highest BCUT2D eigenvalue weighted by Gasteiger charge is 2.18. The molecule has 6 nitrogen and oxygen atoms in total. The molecule has 1 amide bonds. The van der Waals surface area contributed by atoms with E-state index in [9.17, 15) is 9.59 Å². The van der Waals surface area contributed by atoms with Crippen LogP contribution in [0.25, 0.3) is 0 Å². The van der Waals surface area contributed by atoms with Crippen molar-refractivity contribution in [2.75, 3.05) is 19.0 Å². The summed E-state index contributed by atoms with van der Waals surface area (Å²) in [5, 5.41) is 2.79. The zero-order chi connectivity index (χ0) is 16.9. The van der Waals surface area contributed by atoms with E-state index in [2.05, 4.69) is 10.1 Å². The molecule has 0 aromatic heterocycles. The molecule has 0 atom stereocenters. The number of benzene rings is 1. The van der Waals surface area contributed by atoms with Crippen LogP contribution >= 0.6 is 23.2 Å². The number of methoxy groups -OCH3 is 1. The number of hydrogen-bond donors (Lipinski definition) is 1. The molecule has 0 fully saturated rings. The third kappa shape index (κ3) is 5.99. The van der Waals surface area contributed by atoms with Gasteiger partial charge in [-0.15, -0.1) is 0 Å². The molecule has 0 aliphatic rings. The monoisotopic (exact) mass is 349 g/mol. The van der Waals surface area contributed by atoms with Gasteiger partial charge in [-0.2, -0.15) is 0 Å². The maximum Gasteiger partial charge on any atom is 0.412 e. The lowest BCUT2D eigenvalue weighted by atomic mass is 10.2. The Morgan fingerprint density at radius 3 is 2.18 bits per heavy atom. The van der Waals surface area contributed by atoms with E-state index in [0.717, 1.165) is 0 Å². The summed E-state index contributed by atoms with van der Waals surface area (Å²) in [7, 11) is 1.24. The first kappa shape index (κ1) is 18.4. The number of esters is 1. The number of hydrogen-bond acceptors (Lipinski definition) is 5. The van der Waals surface area contributed by atoms with Crippen LogP contribution < -0.4 is 10.1 Å². The minimum atomic E-state index is -0.636. The van der Waals surface area contributed by atoms with Crippen LogP contribution in [-0.2, 0) is 14.3 Å². The van der Waals surface area contributed by atoms with Crippen molar-refractivity contribution in [1.29, 1.82) is 0 Å². The first-order valence-electron chi connectivity index (χ1n) is 6.31. The highest BCUT2D eigenvalue weighted by atomic mass is 35.5. The summed E-state index contributed by atoms with van der Waals surface area (Å²) in [5.41, 5.74) is -0.281. The molecule has 0 unspecified atom stereocenters. The van der Waals surface area contributed by atoms with Crippen LogP contribution in [0.1, 0.15) is 20.8 Å². The summed E-state index contributed by atoms with van der Waals surface area (Å²) in [6.07, 6.45) is -0.636. The summed E-state index contributed by atoms with van der Waals surface area (Å²) >= 11 is 12.0. The molecule has 0 radical (unpaired) electrons. The van der Waals surface area contributed by atoms with Gasteiger partial charge in [0.15, 0.2) is 12.4 Å². The Morgan fingerprint density at radius 1 is 1.18 bits per heavy atom. The van der Waals surface area contributed by atoms with Crippen molar-refractivity contribution in [1.82, 2.24) is 0 Å². The molecule has 0 saturated carbocycles. The summed E-state index contributed by atoms with van der Waals surface area (Å²) in [5.74, 6) is -0.438. The van der Waals surface area contributed by atoms with Gasteiger partial charge in [0.05, 0.1) is 17.2 Å². The number of carbonyl (C=O) groups excluding carboxylic acids is 2. The second-order valence-corrected chi connectivity index (χ2v) is 6.08. The molecular weight excluding hydrogens is 333 g/mol. The van der Waals surface area contributed by atoms with E-state index in [4.69, 9.17) is 32.7 Å². The lowest BCUT2D eigenvalue weighted by molar-refractivity contribution is -0.142. The van der Waals surface area contributed by atoms with Crippen molar-refractivity contribution in [3.8, 4) is 5.75 Å². The van der Waals surface area contributed by atoms with Gasteiger partial charge in [-0.05, 0) is 32.9 Å². The average molecular weight is 350 g/mol. The van der Waals surface area contributed by atoms with Gasteiger partial charge in [0.1, 0.15) is 5.60 Å². The van der Waals surface area contributed by atoms with Crippen LogP contribution in [0, 0.1) is 0 Å². The van der Waals surface area contributed by atoms with Gasteiger partial charge in [0.25, 0.3) is 0 Å². The summed E-state index contributed by atoms with van der Waals surface area (Å²) in [6.45, 7) is 4.91. The third-order valence-electron chi connectivity index (χ3n) is 2.21. The van der Waals surface area contributed by atoms with E-state index in [0.29, 0.717) is 5.69 Å². The minimum absolute atomic E-state index is 0.128. The Morgan fingerprint density at radius 2 is 1.73 bits per heavy atom. The number of nitrogens with one attached hydrogen (secondary N) is 1. The average Bonchev–Trinajstić information content (AvgIpc) is 2.34. The molecule has 0 spiro atoms. The molecule has 122 valence electrons. The maximum atomic E-state index is 11.7.